The van der Waals surface area contributed by atoms with Gasteiger partial charge in [0, 0.05) is 25.9 Å². The first-order chi connectivity index (χ1) is 9.03. The largest absolute Gasteiger partial charge is 0.398 e. The van der Waals surface area contributed by atoms with Crippen molar-refractivity contribution >= 4 is 15.7 Å². The maximum absolute atomic E-state index is 12.3. The highest BCUT2D eigenvalue weighted by molar-refractivity contribution is 7.88. The molecule has 0 aromatic heterocycles. The third-order valence-electron chi connectivity index (χ3n) is 3.44. The Hall–Kier alpha value is -1.11. The molecule has 2 rings (SSSR count). The molecule has 0 bridgehead atoms. The number of sulfonamides is 1. The van der Waals surface area contributed by atoms with E-state index in [4.69, 9.17) is 10.5 Å². The van der Waals surface area contributed by atoms with Crippen LogP contribution in [0.2, 0.25) is 0 Å². The van der Waals surface area contributed by atoms with Gasteiger partial charge in [-0.2, -0.15) is 0 Å². The second kappa shape index (κ2) is 5.90. The molecule has 0 saturated carbocycles. The molecule has 2 N–H and O–H groups in total. The van der Waals surface area contributed by atoms with Gasteiger partial charge in [-0.25, -0.2) is 12.7 Å². The second-order valence-corrected chi connectivity index (χ2v) is 6.89. The van der Waals surface area contributed by atoms with Crippen LogP contribution in [0.15, 0.2) is 24.3 Å². The molecule has 1 saturated heterocycles. The second-order valence-electron chi connectivity index (χ2n) is 4.92. The minimum Gasteiger partial charge on any atom is -0.398 e. The number of rotatable bonds is 5. The first-order valence-electron chi connectivity index (χ1n) is 6.33. The highest BCUT2D eigenvalue weighted by Gasteiger charge is 2.31. The van der Waals surface area contributed by atoms with Crippen LogP contribution in [0.4, 0.5) is 5.69 Å². The fraction of sp³-hybridized carbons (Fsp3) is 0.538. The number of para-hydroxylation sites is 1. The minimum atomic E-state index is -3.29. The molecule has 1 aromatic rings. The molecular weight excluding hydrogens is 264 g/mol. The molecular formula is C13H20N2O3S. The van der Waals surface area contributed by atoms with Crippen LogP contribution in [0.3, 0.4) is 0 Å². The van der Waals surface area contributed by atoms with Gasteiger partial charge in [0.2, 0.25) is 10.0 Å². The lowest BCUT2D eigenvalue weighted by atomic mass is 10.1. The molecule has 1 aliphatic heterocycles. The zero-order chi connectivity index (χ0) is 13.9. The average Bonchev–Trinajstić information content (AvgIpc) is 2.82. The van der Waals surface area contributed by atoms with Gasteiger partial charge in [-0.1, -0.05) is 18.2 Å². The van der Waals surface area contributed by atoms with Crippen molar-refractivity contribution in [2.45, 2.75) is 12.2 Å². The molecule has 1 aromatic carbocycles. The fourth-order valence-corrected chi connectivity index (χ4v) is 4.03. The molecule has 0 radical (unpaired) electrons. The van der Waals surface area contributed by atoms with Crippen LogP contribution in [0.1, 0.15) is 12.0 Å². The molecule has 6 heteroatoms. The maximum Gasteiger partial charge on any atom is 0.218 e. The minimum absolute atomic E-state index is 0.0284. The van der Waals surface area contributed by atoms with E-state index in [1.54, 1.807) is 35.7 Å². The molecule has 19 heavy (non-hydrogen) atoms. The van der Waals surface area contributed by atoms with E-state index in [0.29, 0.717) is 36.9 Å². The lowest BCUT2D eigenvalue weighted by Gasteiger charge is -2.17. The average molecular weight is 284 g/mol. The van der Waals surface area contributed by atoms with Crippen LogP contribution in [-0.2, 0) is 20.5 Å². The van der Waals surface area contributed by atoms with Gasteiger partial charge < -0.3 is 10.5 Å². The summed E-state index contributed by atoms with van der Waals surface area (Å²) in [7, 11) is -1.65. The van der Waals surface area contributed by atoms with Crippen molar-refractivity contribution in [3.63, 3.8) is 0 Å². The molecule has 1 heterocycles. The Balaban J connectivity index is 2.06. The van der Waals surface area contributed by atoms with E-state index < -0.39 is 10.0 Å². The van der Waals surface area contributed by atoms with Crippen molar-refractivity contribution in [3.05, 3.63) is 29.8 Å². The lowest BCUT2D eigenvalue weighted by molar-refractivity contribution is 0.157. The SMILES string of the molecule is COCC1CCN(S(=O)(=O)Cc2ccccc2N)C1. The smallest absolute Gasteiger partial charge is 0.218 e. The number of hydrogen-bond acceptors (Lipinski definition) is 4. The number of nitrogens with two attached hydrogens (primary N) is 1. The lowest BCUT2D eigenvalue weighted by Crippen LogP contribution is -2.30. The van der Waals surface area contributed by atoms with E-state index in [1.807, 2.05) is 0 Å². The van der Waals surface area contributed by atoms with Crippen molar-refractivity contribution in [3.8, 4) is 0 Å². The van der Waals surface area contributed by atoms with E-state index >= 15 is 0 Å². The van der Waals surface area contributed by atoms with Gasteiger partial charge in [-0.05, 0) is 24.0 Å². The first-order valence-corrected chi connectivity index (χ1v) is 7.94. The number of methoxy groups -OCH3 is 1. The number of nitrogen functional groups attached to an aromatic ring is 1. The van der Waals surface area contributed by atoms with Crippen LogP contribution in [0, 0.1) is 5.92 Å². The van der Waals surface area contributed by atoms with Crippen molar-refractivity contribution < 1.29 is 13.2 Å². The topological polar surface area (TPSA) is 72.6 Å². The van der Waals surface area contributed by atoms with Gasteiger partial charge >= 0.3 is 0 Å². The zero-order valence-corrected chi connectivity index (χ0v) is 11.9. The van der Waals surface area contributed by atoms with E-state index in [-0.39, 0.29) is 5.75 Å². The van der Waals surface area contributed by atoms with Crippen LogP contribution in [0.25, 0.3) is 0 Å². The Morgan fingerprint density at radius 1 is 1.42 bits per heavy atom. The van der Waals surface area contributed by atoms with Crippen molar-refractivity contribution in [1.82, 2.24) is 4.31 Å². The standard InChI is InChI=1S/C13H20N2O3S/c1-18-9-11-6-7-15(8-11)19(16,17)10-12-4-2-3-5-13(12)14/h2-5,11H,6-10,14H2,1H3. The summed E-state index contributed by atoms with van der Waals surface area (Å²) in [6, 6.07) is 7.09. The Morgan fingerprint density at radius 3 is 2.84 bits per heavy atom. The highest BCUT2D eigenvalue weighted by Crippen LogP contribution is 2.23. The molecule has 1 aliphatic rings. The summed E-state index contributed by atoms with van der Waals surface area (Å²) in [6.07, 6.45) is 0.858. The number of hydrogen-bond donors (Lipinski definition) is 1. The maximum atomic E-state index is 12.3. The quantitative estimate of drug-likeness (QED) is 0.821. The normalized spacial score (nSPS) is 20.8. The van der Waals surface area contributed by atoms with Crippen LogP contribution >= 0.6 is 0 Å². The van der Waals surface area contributed by atoms with Crippen molar-refractivity contribution in [2.75, 3.05) is 32.5 Å². The zero-order valence-electron chi connectivity index (χ0n) is 11.1. The van der Waals surface area contributed by atoms with E-state index in [0.717, 1.165) is 6.42 Å². The summed E-state index contributed by atoms with van der Waals surface area (Å²) in [5.41, 5.74) is 6.99. The summed E-state index contributed by atoms with van der Waals surface area (Å²) in [6.45, 7) is 1.73. The van der Waals surface area contributed by atoms with Gasteiger partial charge in [-0.15, -0.1) is 0 Å². The van der Waals surface area contributed by atoms with Crippen LogP contribution in [-0.4, -0.2) is 39.5 Å². The Kier molecular flexibility index (Phi) is 4.44. The third kappa shape index (κ3) is 3.46. The summed E-state index contributed by atoms with van der Waals surface area (Å²) in [5, 5.41) is 0. The van der Waals surface area contributed by atoms with E-state index in [2.05, 4.69) is 0 Å². The summed E-state index contributed by atoms with van der Waals surface area (Å²) in [4.78, 5) is 0. The molecule has 0 amide bonds. The van der Waals surface area contributed by atoms with Gasteiger partial charge in [0.25, 0.3) is 0 Å². The predicted molar refractivity (Wildman–Crippen MR) is 75.0 cm³/mol. The van der Waals surface area contributed by atoms with Crippen molar-refractivity contribution in [1.29, 1.82) is 0 Å². The number of ether oxygens (including phenoxy) is 1. The predicted octanol–water partition coefficient (Wildman–Crippen LogP) is 1.07. The monoisotopic (exact) mass is 284 g/mol. The molecule has 1 atom stereocenters. The Labute approximate surface area is 114 Å². The first kappa shape index (κ1) is 14.3. The Bertz CT molecular complexity index is 530. The molecule has 1 unspecified atom stereocenters. The summed E-state index contributed by atoms with van der Waals surface area (Å²) < 4.78 is 31.3. The number of anilines is 1. The van der Waals surface area contributed by atoms with E-state index in [9.17, 15) is 8.42 Å². The number of benzene rings is 1. The number of nitrogens with zero attached hydrogens (tertiary/aromatic N) is 1. The van der Waals surface area contributed by atoms with Crippen LogP contribution < -0.4 is 5.73 Å². The third-order valence-corrected chi connectivity index (χ3v) is 5.23. The van der Waals surface area contributed by atoms with Gasteiger partial charge in [-0.3, -0.25) is 0 Å². The molecule has 0 spiro atoms. The molecule has 5 nitrogen and oxygen atoms in total. The van der Waals surface area contributed by atoms with E-state index in [1.165, 1.54) is 0 Å². The molecule has 106 valence electrons. The molecule has 1 fully saturated rings. The summed E-state index contributed by atoms with van der Waals surface area (Å²) >= 11 is 0. The van der Waals surface area contributed by atoms with Gasteiger partial charge in [0.15, 0.2) is 0 Å². The summed E-state index contributed by atoms with van der Waals surface area (Å²) in [5.74, 6) is 0.271. The van der Waals surface area contributed by atoms with Gasteiger partial charge in [0.1, 0.15) is 0 Å². The van der Waals surface area contributed by atoms with Crippen LogP contribution in [0.5, 0.6) is 0 Å². The highest BCUT2D eigenvalue weighted by atomic mass is 32.2. The molecule has 0 aliphatic carbocycles. The van der Waals surface area contributed by atoms with Gasteiger partial charge in [0.05, 0.1) is 12.4 Å². The Morgan fingerprint density at radius 2 is 2.16 bits per heavy atom. The van der Waals surface area contributed by atoms with Crippen molar-refractivity contribution in [2.24, 2.45) is 5.92 Å². The fourth-order valence-electron chi connectivity index (χ4n) is 2.37.